The van der Waals surface area contributed by atoms with Gasteiger partial charge in [-0.3, -0.25) is 4.79 Å². The molecule has 1 aliphatic heterocycles. The molecule has 4 nitrogen and oxygen atoms in total. The summed E-state index contributed by atoms with van der Waals surface area (Å²) in [4.78, 5) is 13.9. The van der Waals surface area contributed by atoms with Crippen molar-refractivity contribution in [3.05, 3.63) is 34.3 Å². The molecule has 1 aromatic carbocycles. The Bertz CT molecular complexity index is 422. The fraction of sp³-hybridized carbons (Fsp3) is 0.462. The van der Waals surface area contributed by atoms with E-state index >= 15 is 0 Å². The Labute approximate surface area is 115 Å². The van der Waals surface area contributed by atoms with Gasteiger partial charge in [0.1, 0.15) is 0 Å². The Morgan fingerprint density at radius 3 is 2.67 bits per heavy atom. The molecule has 0 aromatic heterocycles. The molecule has 0 saturated carbocycles. The number of carbonyl (C=O) groups excluding carboxylic acids is 1. The van der Waals surface area contributed by atoms with Crippen LogP contribution in [0.4, 0.5) is 0 Å². The third-order valence-electron chi connectivity index (χ3n) is 3.15. The van der Waals surface area contributed by atoms with Crippen molar-refractivity contribution in [1.29, 1.82) is 0 Å². The number of amides is 1. The first-order valence-corrected chi connectivity index (χ1v) is 6.70. The first-order valence-electron chi connectivity index (χ1n) is 5.90. The Morgan fingerprint density at radius 1 is 1.44 bits per heavy atom. The lowest BCUT2D eigenvalue weighted by Gasteiger charge is -2.22. The predicted octanol–water partition coefficient (Wildman–Crippen LogP) is 1.38. The van der Waals surface area contributed by atoms with Crippen LogP contribution in [-0.4, -0.2) is 37.1 Å². The van der Waals surface area contributed by atoms with Gasteiger partial charge in [0.25, 0.3) is 0 Å². The third-order valence-corrected chi connectivity index (χ3v) is 3.68. The zero-order valence-corrected chi connectivity index (χ0v) is 11.9. The smallest absolute Gasteiger partial charge is 0.229 e. The van der Waals surface area contributed by atoms with Gasteiger partial charge in [-0.15, -0.1) is 0 Å². The van der Waals surface area contributed by atoms with E-state index in [9.17, 15) is 4.79 Å². The van der Waals surface area contributed by atoms with E-state index in [1.54, 1.807) is 11.9 Å². The summed E-state index contributed by atoms with van der Waals surface area (Å²) in [6.07, 6.45) is 0. The van der Waals surface area contributed by atoms with Crippen LogP contribution in [0, 0.1) is 5.92 Å². The molecule has 0 aliphatic carbocycles. The van der Waals surface area contributed by atoms with Gasteiger partial charge in [-0.2, -0.15) is 0 Å². The minimum atomic E-state index is -0.203. The molecule has 18 heavy (non-hydrogen) atoms. The van der Waals surface area contributed by atoms with Gasteiger partial charge in [0, 0.05) is 24.1 Å². The molecule has 2 N–H and O–H groups in total. The summed E-state index contributed by atoms with van der Waals surface area (Å²) >= 11 is 3.39. The average Bonchev–Trinajstić information content (AvgIpc) is 2.77. The SMILES string of the molecule is CN(Cc1ccc(Br)cc1)C(=O)C1COCC1N. The van der Waals surface area contributed by atoms with E-state index in [1.165, 1.54) is 0 Å². The Kier molecular flexibility index (Phi) is 4.37. The molecule has 2 atom stereocenters. The van der Waals surface area contributed by atoms with Crippen LogP contribution in [0.25, 0.3) is 0 Å². The van der Waals surface area contributed by atoms with E-state index in [4.69, 9.17) is 10.5 Å². The molecule has 1 aliphatic rings. The molecule has 0 radical (unpaired) electrons. The van der Waals surface area contributed by atoms with Gasteiger partial charge in [-0.05, 0) is 17.7 Å². The molecule has 2 rings (SSSR count). The van der Waals surface area contributed by atoms with Crippen LogP contribution in [0.2, 0.25) is 0 Å². The lowest BCUT2D eigenvalue weighted by molar-refractivity contribution is -0.135. The monoisotopic (exact) mass is 312 g/mol. The van der Waals surface area contributed by atoms with Crippen LogP contribution in [0.1, 0.15) is 5.56 Å². The number of ether oxygens (including phenoxy) is 1. The quantitative estimate of drug-likeness (QED) is 0.917. The van der Waals surface area contributed by atoms with Crippen molar-refractivity contribution < 1.29 is 9.53 Å². The van der Waals surface area contributed by atoms with Crippen molar-refractivity contribution in [1.82, 2.24) is 4.90 Å². The molecule has 1 aromatic rings. The molecular formula is C13H17BrN2O2. The van der Waals surface area contributed by atoms with Crippen LogP contribution in [0.15, 0.2) is 28.7 Å². The van der Waals surface area contributed by atoms with Crippen LogP contribution in [0.3, 0.4) is 0 Å². The molecule has 0 spiro atoms. The maximum atomic E-state index is 12.2. The fourth-order valence-corrected chi connectivity index (χ4v) is 2.31. The van der Waals surface area contributed by atoms with E-state index in [-0.39, 0.29) is 17.9 Å². The second-order valence-corrected chi connectivity index (χ2v) is 5.54. The molecule has 1 amide bonds. The number of hydrogen-bond acceptors (Lipinski definition) is 3. The molecule has 2 unspecified atom stereocenters. The molecular weight excluding hydrogens is 296 g/mol. The van der Waals surface area contributed by atoms with Gasteiger partial charge in [0.05, 0.1) is 19.1 Å². The number of nitrogens with two attached hydrogens (primary N) is 1. The van der Waals surface area contributed by atoms with Crippen LogP contribution >= 0.6 is 15.9 Å². The van der Waals surface area contributed by atoms with Gasteiger partial charge in [-0.1, -0.05) is 28.1 Å². The lowest BCUT2D eigenvalue weighted by Crippen LogP contribution is -2.41. The number of benzene rings is 1. The Balaban J connectivity index is 1.97. The highest BCUT2D eigenvalue weighted by atomic mass is 79.9. The first-order chi connectivity index (χ1) is 8.58. The van der Waals surface area contributed by atoms with E-state index < -0.39 is 0 Å². The van der Waals surface area contributed by atoms with Crippen LogP contribution < -0.4 is 5.73 Å². The van der Waals surface area contributed by atoms with E-state index in [1.807, 2.05) is 24.3 Å². The van der Waals surface area contributed by atoms with Crippen molar-refractivity contribution >= 4 is 21.8 Å². The van der Waals surface area contributed by atoms with E-state index in [0.29, 0.717) is 19.8 Å². The van der Waals surface area contributed by atoms with E-state index in [2.05, 4.69) is 15.9 Å². The highest BCUT2D eigenvalue weighted by Gasteiger charge is 2.33. The predicted molar refractivity (Wildman–Crippen MR) is 72.9 cm³/mol. The Morgan fingerprint density at radius 2 is 2.11 bits per heavy atom. The van der Waals surface area contributed by atoms with Crippen LogP contribution in [0.5, 0.6) is 0 Å². The maximum Gasteiger partial charge on any atom is 0.229 e. The standard InChI is InChI=1S/C13H17BrN2O2/c1-16(6-9-2-4-10(14)5-3-9)13(17)11-7-18-8-12(11)15/h2-5,11-12H,6-8,15H2,1H3. The van der Waals surface area contributed by atoms with Crippen molar-refractivity contribution in [2.24, 2.45) is 11.7 Å². The lowest BCUT2D eigenvalue weighted by atomic mass is 10.0. The summed E-state index contributed by atoms with van der Waals surface area (Å²) in [6.45, 7) is 1.50. The Hall–Kier alpha value is -0.910. The molecule has 1 fully saturated rings. The number of rotatable bonds is 3. The number of hydrogen-bond donors (Lipinski definition) is 1. The molecule has 0 bridgehead atoms. The van der Waals surface area contributed by atoms with Crippen molar-refractivity contribution in [3.8, 4) is 0 Å². The molecule has 1 heterocycles. The van der Waals surface area contributed by atoms with Crippen molar-refractivity contribution in [2.75, 3.05) is 20.3 Å². The van der Waals surface area contributed by atoms with Gasteiger partial charge < -0.3 is 15.4 Å². The van der Waals surface area contributed by atoms with Gasteiger partial charge >= 0.3 is 0 Å². The minimum Gasteiger partial charge on any atom is -0.379 e. The maximum absolute atomic E-state index is 12.2. The molecule has 98 valence electrons. The normalized spacial score (nSPS) is 23.1. The molecule has 1 saturated heterocycles. The first kappa shape index (κ1) is 13.5. The average molecular weight is 313 g/mol. The summed E-state index contributed by atoms with van der Waals surface area (Å²) in [6, 6.07) is 7.76. The highest BCUT2D eigenvalue weighted by molar-refractivity contribution is 9.10. The topological polar surface area (TPSA) is 55.6 Å². The van der Waals surface area contributed by atoms with Gasteiger partial charge in [0.15, 0.2) is 0 Å². The summed E-state index contributed by atoms with van der Waals surface area (Å²) < 4.78 is 6.26. The second-order valence-electron chi connectivity index (χ2n) is 4.63. The summed E-state index contributed by atoms with van der Waals surface area (Å²) in [5.74, 6) is -0.145. The van der Waals surface area contributed by atoms with Crippen molar-refractivity contribution in [2.45, 2.75) is 12.6 Å². The third kappa shape index (κ3) is 3.10. The fourth-order valence-electron chi connectivity index (χ4n) is 2.05. The highest BCUT2D eigenvalue weighted by Crippen LogP contribution is 2.17. The summed E-state index contributed by atoms with van der Waals surface area (Å²) in [5, 5.41) is 0. The summed E-state index contributed by atoms with van der Waals surface area (Å²) in [7, 11) is 1.80. The summed E-state index contributed by atoms with van der Waals surface area (Å²) in [5.41, 5.74) is 6.95. The van der Waals surface area contributed by atoms with Gasteiger partial charge in [-0.25, -0.2) is 0 Å². The number of halogens is 1. The van der Waals surface area contributed by atoms with Crippen molar-refractivity contribution in [3.63, 3.8) is 0 Å². The largest absolute Gasteiger partial charge is 0.379 e. The zero-order valence-electron chi connectivity index (χ0n) is 10.3. The number of carbonyl (C=O) groups is 1. The van der Waals surface area contributed by atoms with E-state index in [0.717, 1.165) is 10.0 Å². The van der Waals surface area contributed by atoms with Gasteiger partial charge in [0.2, 0.25) is 5.91 Å². The number of nitrogens with zero attached hydrogens (tertiary/aromatic N) is 1. The minimum absolute atomic E-state index is 0.0583. The second kappa shape index (κ2) is 5.82. The zero-order chi connectivity index (χ0) is 13.1. The van der Waals surface area contributed by atoms with Crippen LogP contribution in [-0.2, 0) is 16.1 Å². The molecule has 5 heteroatoms.